The second-order valence-corrected chi connectivity index (χ2v) is 8.14. The molecule has 1 amide bonds. The van der Waals surface area contributed by atoms with Gasteiger partial charge in [-0.15, -0.1) is 11.3 Å². The van der Waals surface area contributed by atoms with Crippen LogP contribution < -0.4 is 10.2 Å². The first-order chi connectivity index (χ1) is 14.7. The third-order valence-electron chi connectivity index (χ3n) is 4.93. The molecular weight excluding hydrogens is 399 g/mol. The lowest BCUT2D eigenvalue weighted by atomic mass is 10.2. The lowest BCUT2D eigenvalue weighted by Gasteiger charge is -2.28. The summed E-state index contributed by atoms with van der Waals surface area (Å²) in [7, 11) is 0. The Bertz CT molecular complexity index is 1010. The van der Waals surface area contributed by atoms with Crippen molar-refractivity contribution in [2.45, 2.75) is 6.54 Å². The van der Waals surface area contributed by atoms with Gasteiger partial charge in [0.25, 0.3) is 0 Å². The van der Waals surface area contributed by atoms with Crippen LogP contribution in [0.2, 0.25) is 0 Å². The van der Waals surface area contributed by atoms with Crippen LogP contribution in [0.25, 0.3) is 16.5 Å². The average molecular weight is 423 g/mol. The maximum atomic E-state index is 13.1. The smallest absolute Gasteiger partial charge is 0.244 e. The number of thiophene rings is 1. The van der Waals surface area contributed by atoms with E-state index in [1.807, 2.05) is 24.3 Å². The van der Waals surface area contributed by atoms with Crippen molar-refractivity contribution in [3.63, 3.8) is 0 Å². The zero-order chi connectivity index (χ0) is 20.8. The molecule has 0 saturated carbocycles. The molecule has 2 heterocycles. The highest BCUT2D eigenvalue weighted by Crippen LogP contribution is 2.28. The Kier molecular flexibility index (Phi) is 6.57. The van der Waals surface area contributed by atoms with E-state index < -0.39 is 0 Å². The quantitative estimate of drug-likeness (QED) is 0.585. The predicted molar refractivity (Wildman–Crippen MR) is 120 cm³/mol. The molecule has 154 valence electrons. The number of benzene rings is 2. The highest BCUT2D eigenvalue weighted by molar-refractivity contribution is 7.16. The molecule has 0 atom stereocenters. The zero-order valence-corrected chi connectivity index (χ0v) is 17.3. The summed E-state index contributed by atoms with van der Waals surface area (Å²) in [6, 6.07) is 18.6. The van der Waals surface area contributed by atoms with E-state index in [2.05, 4.69) is 22.3 Å². The van der Waals surface area contributed by atoms with Crippen molar-refractivity contribution < 1.29 is 13.9 Å². The summed E-state index contributed by atoms with van der Waals surface area (Å²) in [6.07, 6.45) is 3.34. The van der Waals surface area contributed by atoms with Gasteiger partial charge < -0.3 is 15.0 Å². The molecule has 0 aliphatic carbocycles. The Morgan fingerprint density at radius 2 is 1.77 bits per heavy atom. The minimum absolute atomic E-state index is 0.135. The van der Waals surface area contributed by atoms with Gasteiger partial charge in [-0.2, -0.15) is 0 Å². The second kappa shape index (κ2) is 9.69. The van der Waals surface area contributed by atoms with Crippen molar-refractivity contribution in [2.24, 2.45) is 0 Å². The Morgan fingerprint density at radius 1 is 1.03 bits per heavy atom. The average Bonchev–Trinajstić information content (AvgIpc) is 3.27. The molecule has 1 aliphatic rings. The fourth-order valence-corrected chi connectivity index (χ4v) is 4.18. The minimum atomic E-state index is -0.247. The van der Waals surface area contributed by atoms with Gasteiger partial charge in [-0.05, 0) is 53.6 Å². The first kappa shape index (κ1) is 20.3. The fourth-order valence-electron chi connectivity index (χ4n) is 3.26. The van der Waals surface area contributed by atoms with Gasteiger partial charge in [0, 0.05) is 41.2 Å². The van der Waals surface area contributed by atoms with Gasteiger partial charge in [0.15, 0.2) is 0 Å². The topological polar surface area (TPSA) is 41.6 Å². The number of hydrogen-bond donors (Lipinski definition) is 1. The molecule has 0 spiro atoms. The van der Waals surface area contributed by atoms with E-state index in [1.165, 1.54) is 17.8 Å². The van der Waals surface area contributed by atoms with Gasteiger partial charge in [-0.1, -0.05) is 24.3 Å². The van der Waals surface area contributed by atoms with E-state index in [4.69, 9.17) is 4.74 Å². The van der Waals surface area contributed by atoms with Gasteiger partial charge >= 0.3 is 0 Å². The van der Waals surface area contributed by atoms with E-state index in [1.54, 1.807) is 35.6 Å². The van der Waals surface area contributed by atoms with Crippen molar-refractivity contribution >= 4 is 29.0 Å². The van der Waals surface area contributed by atoms with E-state index in [-0.39, 0.29) is 11.7 Å². The van der Waals surface area contributed by atoms with Gasteiger partial charge in [0.05, 0.1) is 13.2 Å². The Hall–Kier alpha value is -2.96. The number of rotatable bonds is 6. The van der Waals surface area contributed by atoms with Crippen molar-refractivity contribution in [3.8, 4) is 10.4 Å². The van der Waals surface area contributed by atoms with E-state index >= 15 is 0 Å². The SMILES string of the molecule is O=C(/C=C/c1ccc(-c2ccc(F)cc2)s1)NCc1ccc(N2CCOCC2)cc1. The molecule has 1 N–H and O–H groups in total. The predicted octanol–water partition coefficient (Wildman–Crippen LogP) is 4.72. The van der Waals surface area contributed by atoms with Crippen LogP contribution >= 0.6 is 11.3 Å². The van der Waals surface area contributed by atoms with Crippen LogP contribution in [-0.2, 0) is 16.1 Å². The molecule has 1 saturated heterocycles. The largest absolute Gasteiger partial charge is 0.378 e. The van der Waals surface area contributed by atoms with Crippen LogP contribution in [0.1, 0.15) is 10.4 Å². The molecule has 2 aromatic carbocycles. The van der Waals surface area contributed by atoms with Crippen LogP contribution in [0.15, 0.2) is 66.7 Å². The number of amides is 1. The van der Waals surface area contributed by atoms with Crippen molar-refractivity contribution in [3.05, 3.63) is 83.0 Å². The molecule has 30 heavy (non-hydrogen) atoms. The molecule has 1 aromatic heterocycles. The molecule has 1 fully saturated rings. The summed E-state index contributed by atoms with van der Waals surface area (Å²) < 4.78 is 18.4. The number of morpholine rings is 1. The van der Waals surface area contributed by atoms with Crippen molar-refractivity contribution in [2.75, 3.05) is 31.2 Å². The lowest BCUT2D eigenvalue weighted by Crippen LogP contribution is -2.36. The molecule has 1 aliphatic heterocycles. The highest BCUT2D eigenvalue weighted by Gasteiger charge is 2.10. The second-order valence-electron chi connectivity index (χ2n) is 7.03. The summed E-state index contributed by atoms with van der Waals surface area (Å²) in [5.74, 6) is -0.383. The molecule has 0 bridgehead atoms. The zero-order valence-electron chi connectivity index (χ0n) is 16.5. The molecule has 4 rings (SSSR count). The van der Waals surface area contributed by atoms with Crippen LogP contribution in [-0.4, -0.2) is 32.2 Å². The maximum absolute atomic E-state index is 13.1. The number of nitrogens with one attached hydrogen (secondary N) is 1. The number of hydrogen-bond acceptors (Lipinski definition) is 4. The van der Waals surface area contributed by atoms with Crippen LogP contribution in [0, 0.1) is 5.82 Å². The third-order valence-corrected chi connectivity index (χ3v) is 6.03. The Morgan fingerprint density at radius 3 is 2.50 bits per heavy atom. The number of anilines is 1. The maximum Gasteiger partial charge on any atom is 0.244 e. The number of carbonyl (C=O) groups excluding carboxylic acids is 1. The van der Waals surface area contributed by atoms with E-state index in [0.717, 1.165) is 47.2 Å². The van der Waals surface area contributed by atoms with Crippen molar-refractivity contribution in [1.82, 2.24) is 5.32 Å². The Labute approximate surface area is 179 Å². The summed E-state index contributed by atoms with van der Waals surface area (Å²) in [5, 5.41) is 2.92. The van der Waals surface area contributed by atoms with Gasteiger partial charge in [-0.25, -0.2) is 4.39 Å². The molecule has 0 unspecified atom stereocenters. The van der Waals surface area contributed by atoms with Gasteiger partial charge in [0.1, 0.15) is 5.82 Å². The third kappa shape index (κ3) is 5.34. The molecule has 3 aromatic rings. The molecule has 0 radical (unpaired) electrons. The number of ether oxygens (including phenoxy) is 1. The molecule has 4 nitrogen and oxygen atoms in total. The summed E-state index contributed by atoms with van der Waals surface area (Å²) >= 11 is 1.56. The summed E-state index contributed by atoms with van der Waals surface area (Å²) in [4.78, 5) is 16.5. The van der Waals surface area contributed by atoms with Crippen molar-refractivity contribution in [1.29, 1.82) is 0 Å². The Balaban J connectivity index is 1.28. The number of carbonyl (C=O) groups is 1. The summed E-state index contributed by atoms with van der Waals surface area (Å²) in [6.45, 7) is 3.83. The van der Waals surface area contributed by atoms with Gasteiger partial charge in [0.2, 0.25) is 5.91 Å². The molecular formula is C24H23FN2O2S. The minimum Gasteiger partial charge on any atom is -0.378 e. The first-order valence-corrected chi connectivity index (χ1v) is 10.7. The monoisotopic (exact) mass is 422 g/mol. The molecule has 6 heteroatoms. The first-order valence-electron chi connectivity index (χ1n) is 9.91. The normalized spacial score (nSPS) is 14.2. The standard InChI is InChI=1S/C24H23FN2O2S/c25-20-5-3-19(4-6-20)23-11-9-22(30-23)10-12-24(28)26-17-18-1-7-21(8-2-18)27-13-15-29-16-14-27/h1-12H,13-17H2,(H,26,28)/b12-10+. The number of halogens is 1. The summed E-state index contributed by atoms with van der Waals surface area (Å²) in [5.41, 5.74) is 3.21. The van der Waals surface area contributed by atoms with E-state index in [0.29, 0.717) is 6.54 Å². The van der Waals surface area contributed by atoms with Crippen LogP contribution in [0.4, 0.5) is 10.1 Å². The van der Waals surface area contributed by atoms with Crippen LogP contribution in [0.3, 0.4) is 0 Å². The lowest BCUT2D eigenvalue weighted by molar-refractivity contribution is -0.116. The number of nitrogens with zero attached hydrogens (tertiary/aromatic N) is 1. The fraction of sp³-hybridized carbons (Fsp3) is 0.208. The van der Waals surface area contributed by atoms with Gasteiger partial charge in [-0.3, -0.25) is 4.79 Å². The van der Waals surface area contributed by atoms with Crippen LogP contribution in [0.5, 0.6) is 0 Å². The van der Waals surface area contributed by atoms with E-state index in [9.17, 15) is 9.18 Å². The highest BCUT2D eigenvalue weighted by atomic mass is 32.1.